The first kappa shape index (κ1) is 46.2. The SMILES string of the molecule is NC[C@@H]1O[C@H](O[C@H]2[C@@H](O)[C@H](O[C@@H]3[C@@H](O)[C@H](NC(=O)C(O)[C@@H](F)CN)C[C@H](N)[C@H]3O[C@H]3O[C@H](CNCC(O)CO)[C@@H](O)[C@H](O)[C@H]3N)O[C@@H]2CO)[C@H](N)[C@@H](O)[C@@H]1O. The van der Waals surface area contributed by atoms with E-state index in [0.717, 1.165) is 0 Å². The molecule has 55 heavy (non-hydrogen) atoms. The summed E-state index contributed by atoms with van der Waals surface area (Å²) in [5.74, 6) is -1.25. The molecule has 1 amide bonds. The molecule has 0 aromatic rings. The molecule has 22 atom stereocenters. The highest BCUT2D eigenvalue weighted by molar-refractivity contribution is 5.81. The number of hydrogen-bond acceptors (Lipinski definition) is 23. The van der Waals surface area contributed by atoms with Crippen molar-refractivity contribution in [1.29, 1.82) is 0 Å². The maximum Gasteiger partial charge on any atom is 0.252 e. The van der Waals surface area contributed by atoms with Crippen LogP contribution in [-0.4, -0.2) is 231 Å². The molecule has 24 nitrogen and oxygen atoms in total. The summed E-state index contributed by atoms with van der Waals surface area (Å²) in [6.07, 6.45) is -28.8. The molecule has 4 rings (SSSR count). The summed E-state index contributed by atoms with van der Waals surface area (Å²) >= 11 is 0. The molecule has 1 saturated carbocycles. The second-order valence-electron chi connectivity index (χ2n) is 14.2. The van der Waals surface area contributed by atoms with Crippen molar-refractivity contribution >= 4 is 5.91 Å². The number of ether oxygens (including phenoxy) is 6. The fourth-order valence-corrected chi connectivity index (χ4v) is 6.84. The summed E-state index contributed by atoms with van der Waals surface area (Å²) in [4.78, 5) is 12.7. The molecule has 25 heteroatoms. The molecular weight excluding hydrogens is 749 g/mol. The van der Waals surface area contributed by atoms with E-state index in [-0.39, 0.29) is 26.1 Å². The Morgan fingerprint density at radius 3 is 1.85 bits per heavy atom. The lowest BCUT2D eigenvalue weighted by Gasteiger charge is -2.48. The number of aliphatic hydroxyl groups excluding tert-OH is 10. The fourth-order valence-electron chi connectivity index (χ4n) is 6.84. The predicted octanol–water partition coefficient (Wildman–Crippen LogP) is -11.1. The number of nitrogens with one attached hydrogen (secondary N) is 2. The average Bonchev–Trinajstić information content (AvgIpc) is 3.47. The largest absolute Gasteiger partial charge is 0.394 e. The molecule has 322 valence electrons. The quantitative estimate of drug-likeness (QED) is 0.0648. The van der Waals surface area contributed by atoms with Crippen molar-refractivity contribution < 1.29 is 88.7 Å². The topological polar surface area (TPSA) is 429 Å². The van der Waals surface area contributed by atoms with E-state index in [1.165, 1.54) is 0 Å². The number of amides is 1. The minimum absolute atomic E-state index is 0.110. The number of nitrogens with two attached hydrogens (primary N) is 5. The van der Waals surface area contributed by atoms with Crippen molar-refractivity contribution in [2.24, 2.45) is 28.7 Å². The minimum Gasteiger partial charge on any atom is -0.394 e. The summed E-state index contributed by atoms with van der Waals surface area (Å²) in [6.45, 7) is -2.55. The number of halogens is 1. The zero-order chi connectivity index (χ0) is 40.9. The smallest absolute Gasteiger partial charge is 0.252 e. The molecule has 0 aromatic carbocycles. The normalized spacial score (nSPS) is 45.6. The lowest BCUT2D eigenvalue weighted by atomic mass is 9.83. The number of aliphatic hydroxyl groups is 10. The van der Waals surface area contributed by atoms with Crippen LogP contribution >= 0.6 is 0 Å². The van der Waals surface area contributed by atoms with Crippen LogP contribution in [0, 0.1) is 0 Å². The number of carbonyl (C=O) groups is 1. The second kappa shape index (κ2) is 20.5. The van der Waals surface area contributed by atoms with Gasteiger partial charge in [-0.3, -0.25) is 4.79 Å². The molecule has 3 heterocycles. The van der Waals surface area contributed by atoms with Crippen LogP contribution in [0.25, 0.3) is 0 Å². The van der Waals surface area contributed by atoms with E-state index in [9.17, 15) is 55.1 Å². The monoisotopic (exact) mass is 807 g/mol. The summed E-state index contributed by atoms with van der Waals surface area (Å²) in [5, 5.41) is 109. The van der Waals surface area contributed by atoms with Gasteiger partial charge in [0.1, 0.15) is 79.4 Å². The van der Waals surface area contributed by atoms with Gasteiger partial charge in [-0.05, 0) is 6.42 Å². The molecule has 22 N–H and O–H groups in total. The molecule has 0 bridgehead atoms. The van der Waals surface area contributed by atoms with Crippen molar-refractivity contribution in [1.82, 2.24) is 10.6 Å². The van der Waals surface area contributed by atoms with Crippen LogP contribution in [0.3, 0.4) is 0 Å². The Balaban J connectivity index is 1.58. The minimum atomic E-state index is -2.22. The summed E-state index contributed by atoms with van der Waals surface area (Å²) in [6, 6.07) is -5.35. The molecule has 2 unspecified atom stereocenters. The Morgan fingerprint density at radius 1 is 0.745 bits per heavy atom. The molecule has 3 aliphatic heterocycles. The van der Waals surface area contributed by atoms with Gasteiger partial charge in [-0.25, -0.2) is 4.39 Å². The van der Waals surface area contributed by atoms with Crippen LogP contribution in [0.1, 0.15) is 6.42 Å². The van der Waals surface area contributed by atoms with E-state index in [0.29, 0.717) is 0 Å². The standard InChI is InChI=1S/C30H58FN7O17/c31-9(2-32)17(42)27(49)38-11-1-10(34)24(53-29-16(36)22(47)20(45)13(51-29)5-37-4-8(41)6-39)26(18(11)43)55-30-23(48)25(14(7-40)52-30)54-28-15(35)21(46)19(44)12(3-33)50-28/h8-26,28-30,37,39-48H,1-7,32-36H2,(H,38,49)/t8?,9-,10-,11+,12-,13+,14+,15+,16+,17?,18-,19+,20+,21+,22+,23+,24+,25+,26+,28+,29+,30-/m0/s1. The molecule has 1 aliphatic carbocycles. The zero-order valence-electron chi connectivity index (χ0n) is 29.7. The van der Waals surface area contributed by atoms with E-state index < -0.39 is 160 Å². The van der Waals surface area contributed by atoms with Crippen LogP contribution in [0.5, 0.6) is 0 Å². The van der Waals surface area contributed by atoms with E-state index in [4.69, 9.17) is 62.2 Å². The summed E-state index contributed by atoms with van der Waals surface area (Å²) < 4.78 is 49.2. The van der Waals surface area contributed by atoms with Crippen molar-refractivity contribution in [2.75, 3.05) is 39.4 Å². The van der Waals surface area contributed by atoms with E-state index in [1.54, 1.807) is 0 Å². The van der Waals surface area contributed by atoms with Crippen molar-refractivity contribution in [3.05, 3.63) is 0 Å². The number of rotatable bonds is 17. The predicted molar refractivity (Wildman–Crippen MR) is 179 cm³/mol. The van der Waals surface area contributed by atoms with Gasteiger partial charge in [-0.1, -0.05) is 0 Å². The molecule has 3 saturated heterocycles. The van der Waals surface area contributed by atoms with E-state index in [1.807, 2.05) is 0 Å². The zero-order valence-corrected chi connectivity index (χ0v) is 29.7. The van der Waals surface area contributed by atoms with Crippen LogP contribution < -0.4 is 39.3 Å². The molecule has 0 radical (unpaired) electrons. The molecule has 0 aromatic heterocycles. The fraction of sp³-hybridized carbons (Fsp3) is 0.967. The summed E-state index contributed by atoms with van der Waals surface area (Å²) in [7, 11) is 0. The van der Waals surface area contributed by atoms with Gasteiger partial charge in [0.15, 0.2) is 25.0 Å². The first-order valence-corrected chi connectivity index (χ1v) is 17.9. The van der Waals surface area contributed by atoms with Crippen molar-refractivity contribution in [3.63, 3.8) is 0 Å². The van der Waals surface area contributed by atoms with Gasteiger partial charge in [-0.2, -0.15) is 0 Å². The average molecular weight is 808 g/mol. The third kappa shape index (κ3) is 10.6. The maximum absolute atomic E-state index is 14.1. The molecule has 4 fully saturated rings. The Bertz CT molecular complexity index is 1200. The Hall–Kier alpha value is -1.48. The van der Waals surface area contributed by atoms with E-state index >= 15 is 0 Å². The number of hydrogen-bond donors (Lipinski definition) is 17. The van der Waals surface area contributed by atoms with Crippen LogP contribution in [-0.2, 0) is 33.2 Å². The Morgan fingerprint density at radius 2 is 1.29 bits per heavy atom. The molecule has 0 spiro atoms. The van der Waals surface area contributed by atoms with Gasteiger partial charge < -0.3 is 119 Å². The number of alkyl halides is 1. The third-order valence-electron chi connectivity index (χ3n) is 10.2. The lowest BCUT2D eigenvalue weighted by Crippen LogP contribution is -2.69. The molecule has 4 aliphatic rings. The molecular formula is C30H58FN7O17. The van der Waals surface area contributed by atoms with E-state index in [2.05, 4.69) is 10.6 Å². The Kier molecular flexibility index (Phi) is 17.2. The van der Waals surface area contributed by atoms with Crippen LogP contribution in [0.15, 0.2) is 0 Å². The van der Waals surface area contributed by atoms with Crippen LogP contribution in [0.2, 0.25) is 0 Å². The first-order valence-electron chi connectivity index (χ1n) is 17.9. The number of carbonyl (C=O) groups excluding carboxylic acids is 1. The Labute approximate surface area is 314 Å². The summed E-state index contributed by atoms with van der Waals surface area (Å²) in [5.41, 5.74) is 29.5. The van der Waals surface area contributed by atoms with Crippen LogP contribution in [0.4, 0.5) is 4.39 Å². The highest BCUT2D eigenvalue weighted by atomic mass is 19.1. The third-order valence-corrected chi connectivity index (χ3v) is 10.2. The van der Waals surface area contributed by atoms with Gasteiger partial charge in [0.05, 0.1) is 37.4 Å². The van der Waals surface area contributed by atoms with Crippen molar-refractivity contribution in [3.8, 4) is 0 Å². The van der Waals surface area contributed by atoms with Gasteiger partial charge in [-0.15, -0.1) is 0 Å². The van der Waals surface area contributed by atoms with Crippen molar-refractivity contribution in [2.45, 2.75) is 141 Å². The van der Waals surface area contributed by atoms with Gasteiger partial charge in [0.2, 0.25) is 0 Å². The lowest BCUT2D eigenvalue weighted by molar-refractivity contribution is -0.308. The highest BCUT2D eigenvalue weighted by Crippen LogP contribution is 2.35. The maximum atomic E-state index is 14.1. The van der Waals surface area contributed by atoms with Gasteiger partial charge >= 0.3 is 0 Å². The second-order valence-corrected chi connectivity index (χ2v) is 14.2. The first-order chi connectivity index (χ1) is 26.0. The van der Waals surface area contributed by atoms with Gasteiger partial charge in [0, 0.05) is 32.2 Å². The van der Waals surface area contributed by atoms with Gasteiger partial charge in [0.25, 0.3) is 5.91 Å². The highest BCUT2D eigenvalue weighted by Gasteiger charge is 2.55.